The van der Waals surface area contributed by atoms with E-state index in [-0.39, 0.29) is 11.7 Å². The smallest absolute Gasteiger partial charge is 0.273 e. The molecule has 1 N–H and O–H groups in total. The van der Waals surface area contributed by atoms with E-state index in [2.05, 4.69) is 25.1 Å². The average molecular weight is 428 g/mol. The number of fused-ring (bicyclic) bond motifs is 2. The van der Waals surface area contributed by atoms with E-state index < -0.39 is 6.04 Å². The van der Waals surface area contributed by atoms with E-state index in [0.717, 1.165) is 5.69 Å². The van der Waals surface area contributed by atoms with Gasteiger partial charge in [0.25, 0.3) is 5.91 Å². The highest BCUT2D eigenvalue weighted by Gasteiger charge is 2.37. The molecule has 32 heavy (non-hydrogen) atoms. The Hall–Kier alpha value is -4.34. The number of carbonyl (C=O) groups excluding carboxylic acids is 1. The van der Waals surface area contributed by atoms with Crippen LogP contribution >= 0.6 is 0 Å². The van der Waals surface area contributed by atoms with Crippen molar-refractivity contribution in [3.63, 3.8) is 0 Å². The first-order chi connectivity index (χ1) is 15.7. The number of amides is 1. The molecule has 6 rings (SSSR count). The number of carbonyl (C=O) groups is 1. The van der Waals surface area contributed by atoms with Crippen molar-refractivity contribution in [1.29, 1.82) is 0 Å². The Kier molecular flexibility index (Phi) is 4.10. The van der Waals surface area contributed by atoms with Gasteiger partial charge in [0.1, 0.15) is 23.1 Å². The van der Waals surface area contributed by atoms with E-state index in [1.807, 2.05) is 6.07 Å². The summed E-state index contributed by atoms with van der Waals surface area (Å²) < 4.78 is 17.3. The fourth-order valence-corrected chi connectivity index (χ4v) is 4.20. The number of nitrogens with zero attached hydrogens (tertiary/aromatic N) is 7. The van der Waals surface area contributed by atoms with Gasteiger partial charge in [0.15, 0.2) is 5.82 Å². The molecule has 0 bridgehead atoms. The molecule has 5 aromatic rings. The van der Waals surface area contributed by atoms with Gasteiger partial charge in [0, 0.05) is 31.1 Å². The zero-order valence-electron chi connectivity index (χ0n) is 16.8. The number of nitrogens with one attached hydrogen (secondary N) is 1. The Morgan fingerprint density at radius 3 is 2.91 bits per heavy atom. The Morgan fingerprint density at radius 1 is 1.12 bits per heavy atom. The van der Waals surface area contributed by atoms with Crippen LogP contribution in [-0.4, -0.2) is 51.7 Å². The third kappa shape index (κ3) is 2.80. The van der Waals surface area contributed by atoms with Crippen molar-refractivity contribution >= 4 is 11.4 Å². The second-order valence-electron chi connectivity index (χ2n) is 7.49. The molecule has 0 spiro atoms. The SMILES string of the molecule is O=C(c1ccnn1-c1ccccn1)N1CCc2[nH]cnc2C1c1cc2c(F)cccn2n1. The molecule has 0 radical (unpaired) electrons. The number of rotatable bonds is 3. The highest BCUT2D eigenvalue weighted by atomic mass is 19.1. The van der Waals surface area contributed by atoms with Crippen molar-refractivity contribution in [3.05, 3.63) is 96.0 Å². The van der Waals surface area contributed by atoms with Crippen molar-refractivity contribution in [2.45, 2.75) is 12.5 Å². The van der Waals surface area contributed by atoms with Gasteiger partial charge < -0.3 is 9.88 Å². The van der Waals surface area contributed by atoms with Crippen molar-refractivity contribution in [2.75, 3.05) is 6.54 Å². The Labute approximate surface area is 181 Å². The van der Waals surface area contributed by atoms with Gasteiger partial charge in [-0.15, -0.1) is 0 Å². The lowest BCUT2D eigenvalue weighted by Crippen LogP contribution is -2.41. The molecule has 1 aliphatic rings. The van der Waals surface area contributed by atoms with Gasteiger partial charge in [-0.05, 0) is 36.4 Å². The third-order valence-corrected chi connectivity index (χ3v) is 5.66. The molecule has 9 nitrogen and oxygen atoms in total. The molecule has 0 aliphatic carbocycles. The van der Waals surface area contributed by atoms with Crippen LogP contribution in [0.1, 0.15) is 33.6 Å². The summed E-state index contributed by atoms with van der Waals surface area (Å²) in [5.74, 6) is -0.0654. The zero-order chi connectivity index (χ0) is 21.7. The number of pyridine rings is 2. The predicted molar refractivity (Wildman–Crippen MR) is 112 cm³/mol. The third-order valence-electron chi connectivity index (χ3n) is 5.66. The normalized spacial score (nSPS) is 15.8. The van der Waals surface area contributed by atoms with Gasteiger partial charge in [-0.2, -0.15) is 10.2 Å². The number of aromatic nitrogens is 7. The van der Waals surface area contributed by atoms with Gasteiger partial charge in [-0.1, -0.05) is 6.07 Å². The Balaban J connectivity index is 1.46. The largest absolute Gasteiger partial charge is 0.348 e. The minimum Gasteiger partial charge on any atom is -0.348 e. The molecule has 1 atom stereocenters. The molecular formula is C22H17FN8O. The Morgan fingerprint density at radius 2 is 2.06 bits per heavy atom. The number of imidazole rings is 1. The first-order valence-corrected chi connectivity index (χ1v) is 10.1. The lowest BCUT2D eigenvalue weighted by molar-refractivity contribution is 0.0677. The molecule has 0 fully saturated rings. The average Bonchev–Trinajstić information content (AvgIpc) is 3.58. The molecule has 6 heterocycles. The summed E-state index contributed by atoms with van der Waals surface area (Å²) in [6.45, 7) is 0.447. The molecule has 5 aromatic heterocycles. The van der Waals surface area contributed by atoms with Crippen molar-refractivity contribution in [3.8, 4) is 5.82 Å². The number of hydrogen-bond acceptors (Lipinski definition) is 5. The Bertz CT molecular complexity index is 1440. The maximum atomic E-state index is 14.3. The minimum atomic E-state index is -0.566. The summed E-state index contributed by atoms with van der Waals surface area (Å²) in [4.78, 5) is 27.4. The summed E-state index contributed by atoms with van der Waals surface area (Å²) in [5.41, 5.74) is 2.91. The lowest BCUT2D eigenvalue weighted by Gasteiger charge is -2.33. The highest BCUT2D eigenvalue weighted by Crippen LogP contribution is 2.34. The van der Waals surface area contributed by atoms with Crippen LogP contribution in [0.3, 0.4) is 0 Å². The first kappa shape index (κ1) is 18.4. The zero-order valence-corrected chi connectivity index (χ0v) is 16.8. The van der Waals surface area contributed by atoms with Crippen LogP contribution in [0.25, 0.3) is 11.3 Å². The van der Waals surface area contributed by atoms with Crippen molar-refractivity contribution in [1.82, 2.24) is 39.2 Å². The maximum absolute atomic E-state index is 14.3. The van der Waals surface area contributed by atoms with E-state index in [1.165, 1.54) is 15.3 Å². The van der Waals surface area contributed by atoms with Gasteiger partial charge in [0.2, 0.25) is 0 Å². The van der Waals surface area contributed by atoms with Gasteiger partial charge in [-0.3, -0.25) is 4.79 Å². The number of halogens is 1. The van der Waals surface area contributed by atoms with Gasteiger partial charge in [0.05, 0.1) is 23.9 Å². The predicted octanol–water partition coefficient (Wildman–Crippen LogP) is 2.57. The standard InChI is InChI=1S/C22H17FN8O/c23-14-4-3-10-30-18(14)12-16(28-30)21-20-15(25-13-26-20)7-11-29(21)22(32)17-6-9-27-31(17)19-5-1-2-8-24-19/h1-6,8-10,12-13,21H,7,11H2,(H,25,26). The summed E-state index contributed by atoms with van der Waals surface area (Å²) >= 11 is 0. The molecule has 1 aliphatic heterocycles. The van der Waals surface area contributed by atoms with Crippen LogP contribution in [0.15, 0.2) is 67.4 Å². The molecule has 1 unspecified atom stereocenters. The molecule has 0 saturated carbocycles. The van der Waals surface area contributed by atoms with Crippen LogP contribution in [0, 0.1) is 5.82 Å². The van der Waals surface area contributed by atoms with Crippen molar-refractivity contribution < 1.29 is 9.18 Å². The van der Waals surface area contributed by atoms with E-state index in [0.29, 0.717) is 41.4 Å². The molecule has 0 aromatic carbocycles. The molecular weight excluding hydrogens is 411 g/mol. The van der Waals surface area contributed by atoms with Crippen LogP contribution in [-0.2, 0) is 6.42 Å². The summed E-state index contributed by atoms with van der Waals surface area (Å²) in [6.07, 6.45) is 7.13. The van der Waals surface area contributed by atoms with Crippen LogP contribution in [0.2, 0.25) is 0 Å². The fraction of sp³-hybridized carbons (Fsp3) is 0.136. The van der Waals surface area contributed by atoms with E-state index in [1.54, 1.807) is 60.1 Å². The molecule has 158 valence electrons. The van der Waals surface area contributed by atoms with E-state index in [4.69, 9.17) is 0 Å². The minimum absolute atomic E-state index is 0.232. The van der Waals surface area contributed by atoms with E-state index >= 15 is 0 Å². The van der Waals surface area contributed by atoms with Gasteiger partial charge in [-0.25, -0.2) is 23.6 Å². The molecule has 1 amide bonds. The summed E-state index contributed by atoms with van der Waals surface area (Å²) in [5, 5.41) is 8.86. The van der Waals surface area contributed by atoms with Crippen LogP contribution in [0.4, 0.5) is 4.39 Å². The fourth-order valence-electron chi connectivity index (χ4n) is 4.20. The van der Waals surface area contributed by atoms with Crippen LogP contribution < -0.4 is 0 Å². The topological polar surface area (TPSA) is 97.0 Å². The molecule has 0 saturated heterocycles. The monoisotopic (exact) mass is 428 g/mol. The van der Waals surface area contributed by atoms with Crippen molar-refractivity contribution in [2.24, 2.45) is 0 Å². The number of H-pyrrole nitrogens is 1. The lowest BCUT2D eigenvalue weighted by atomic mass is 9.99. The second kappa shape index (κ2) is 7.12. The van der Waals surface area contributed by atoms with Gasteiger partial charge >= 0.3 is 0 Å². The van der Waals surface area contributed by atoms with Crippen LogP contribution in [0.5, 0.6) is 0 Å². The maximum Gasteiger partial charge on any atom is 0.273 e. The molecule has 10 heteroatoms. The summed E-state index contributed by atoms with van der Waals surface area (Å²) in [6, 6.07) is 11.2. The number of aromatic amines is 1. The quantitative estimate of drug-likeness (QED) is 0.476. The number of hydrogen-bond donors (Lipinski definition) is 1. The second-order valence-corrected chi connectivity index (χ2v) is 7.49. The summed E-state index contributed by atoms with van der Waals surface area (Å²) in [7, 11) is 0. The first-order valence-electron chi connectivity index (χ1n) is 10.1. The highest BCUT2D eigenvalue weighted by molar-refractivity contribution is 5.93. The van der Waals surface area contributed by atoms with E-state index in [9.17, 15) is 9.18 Å².